The number of hydrogen-bond donors (Lipinski definition) is 2. The van der Waals surface area contributed by atoms with Crippen molar-refractivity contribution < 1.29 is 0 Å². The lowest BCUT2D eigenvalue weighted by atomic mass is 9.96. The predicted molar refractivity (Wildman–Crippen MR) is 73.0 cm³/mol. The lowest BCUT2D eigenvalue weighted by Crippen LogP contribution is -2.12. The highest BCUT2D eigenvalue weighted by Gasteiger charge is 2.08. The molecule has 4 N–H and O–H groups in total. The summed E-state index contributed by atoms with van der Waals surface area (Å²) in [5, 5.41) is 0. The Morgan fingerprint density at radius 1 is 1.19 bits per heavy atom. The molecule has 92 valence electrons. The van der Waals surface area contributed by atoms with Gasteiger partial charge in [-0.15, -0.1) is 12.4 Å². The molecule has 0 aromatic heterocycles. The average Bonchev–Trinajstić information content (AvgIpc) is 2.22. The van der Waals surface area contributed by atoms with Crippen LogP contribution in [0.2, 0.25) is 0 Å². The minimum atomic E-state index is 0. The highest BCUT2D eigenvalue weighted by molar-refractivity contribution is 5.85. The van der Waals surface area contributed by atoms with Gasteiger partial charge in [-0.25, -0.2) is 0 Å². The van der Waals surface area contributed by atoms with Crippen molar-refractivity contribution in [2.75, 3.05) is 6.54 Å². The van der Waals surface area contributed by atoms with Gasteiger partial charge >= 0.3 is 0 Å². The number of aryl methyl sites for hydroxylation is 2. The van der Waals surface area contributed by atoms with Crippen molar-refractivity contribution in [3.8, 4) is 0 Å². The maximum absolute atomic E-state index is 6.16. The molecule has 1 atom stereocenters. The molecule has 3 heteroatoms. The first-order chi connectivity index (χ1) is 7.15. The molecule has 0 radical (unpaired) electrons. The maximum atomic E-state index is 6.16. The van der Waals surface area contributed by atoms with E-state index in [9.17, 15) is 0 Å². The van der Waals surface area contributed by atoms with Gasteiger partial charge in [-0.1, -0.05) is 30.2 Å². The van der Waals surface area contributed by atoms with Crippen molar-refractivity contribution in [3.63, 3.8) is 0 Å². The fraction of sp³-hybridized carbons (Fsp3) is 0.538. The molecule has 0 spiro atoms. The van der Waals surface area contributed by atoms with Crippen molar-refractivity contribution in [1.82, 2.24) is 0 Å². The lowest BCUT2D eigenvalue weighted by molar-refractivity contribution is 0.588. The van der Waals surface area contributed by atoms with Gasteiger partial charge in [0.05, 0.1) is 0 Å². The van der Waals surface area contributed by atoms with Gasteiger partial charge < -0.3 is 11.5 Å². The molecular weight excluding hydrogens is 220 g/mol. The molecule has 2 nitrogen and oxygen atoms in total. The second kappa shape index (κ2) is 7.66. The number of hydrogen-bond acceptors (Lipinski definition) is 2. The third kappa shape index (κ3) is 4.52. The van der Waals surface area contributed by atoms with Crippen LogP contribution in [0.5, 0.6) is 0 Å². The van der Waals surface area contributed by atoms with E-state index >= 15 is 0 Å². The second-order valence-electron chi connectivity index (χ2n) is 4.25. The Bertz CT molecular complexity index is 313. The van der Waals surface area contributed by atoms with Crippen LogP contribution in [0.1, 0.15) is 42.0 Å². The Morgan fingerprint density at radius 3 is 2.50 bits per heavy atom. The van der Waals surface area contributed by atoms with Gasteiger partial charge in [0, 0.05) is 6.04 Å². The van der Waals surface area contributed by atoms with Gasteiger partial charge in [-0.2, -0.15) is 0 Å². The van der Waals surface area contributed by atoms with E-state index in [1.807, 2.05) is 0 Å². The van der Waals surface area contributed by atoms with Crippen molar-refractivity contribution in [3.05, 3.63) is 34.9 Å². The first-order valence-electron chi connectivity index (χ1n) is 5.68. The zero-order chi connectivity index (χ0) is 11.3. The quantitative estimate of drug-likeness (QED) is 0.781. The minimum Gasteiger partial charge on any atom is -0.330 e. The summed E-state index contributed by atoms with van der Waals surface area (Å²) in [4.78, 5) is 0. The van der Waals surface area contributed by atoms with Gasteiger partial charge in [0.15, 0.2) is 0 Å². The molecule has 0 heterocycles. The fourth-order valence-corrected chi connectivity index (χ4v) is 1.82. The van der Waals surface area contributed by atoms with E-state index in [4.69, 9.17) is 11.5 Å². The number of unbranched alkanes of at least 4 members (excludes halogenated alkanes) is 1. The molecule has 0 unspecified atom stereocenters. The van der Waals surface area contributed by atoms with Crippen LogP contribution < -0.4 is 11.5 Å². The minimum absolute atomic E-state index is 0. The van der Waals surface area contributed by atoms with Gasteiger partial charge in [-0.3, -0.25) is 0 Å². The molecule has 0 aliphatic rings. The fourth-order valence-electron chi connectivity index (χ4n) is 1.82. The molecule has 0 fully saturated rings. The summed E-state index contributed by atoms with van der Waals surface area (Å²) >= 11 is 0. The van der Waals surface area contributed by atoms with Crippen molar-refractivity contribution in [1.29, 1.82) is 0 Å². The van der Waals surface area contributed by atoms with Crippen molar-refractivity contribution in [2.45, 2.75) is 39.2 Å². The monoisotopic (exact) mass is 242 g/mol. The lowest BCUT2D eigenvalue weighted by Gasteiger charge is -2.15. The predicted octanol–water partition coefficient (Wildman–Crippen LogP) is 2.85. The van der Waals surface area contributed by atoms with E-state index in [0.29, 0.717) is 0 Å². The molecule has 1 aromatic rings. The smallest absolute Gasteiger partial charge is 0.0297 e. The number of halogens is 1. The van der Waals surface area contributed by atoms with E-state index in [2.05, 4.69) is 32.0 Å². The number of nitrogens with two attached hydrogens (primary N) is 2. The van der Waals surface area contributed by atoms with E-state index < -0.39 is 0 Å². The molecule has 0 bridgehead atoms. The average molecular weight is 243 g/mol. The van der Waals surface area contributed by atoms with E-state index in [-0.39, 0.29) is 18.4 Å². The number of rotatable bonds is 5. The van der Waals surface area contributed by atoms with Gasteiger partial charge in [0.2, 0.25) is 0 Å². The highest BCUT2D eigenvalue weighted by atomic mass is 35.5. The summed E-state index contributed by atoms with van der Waals surface area (Å²) in [5.41, 5.74) is 15.5. The third-order valence-electron chi connectivity index (χ3n) is 2.80. The summed E-state index contributed by atoms with van der Waals surface area (Å²) < 4.78 is 0. The Kier molecular flexibility index (Phi) is 7.39. The van der Waals surface area contributed by atoms with Crippen molar-refractivity contribution >= 4 is 12.4 Å². The molecule has 0 saturated heterocycles. The van der Waals surface area contributed by atoms with Crippen LogP contribution in [-0.4, -0.2) is 6.54 Å². The van der Waals surface area contributed by atoms with Crippen molar-refractivity contribution in [2.24, 2.45) is 11.5 Å². The molecule has 0 amide bonds. The maximum Gasteiger partial charge on any atom is 0.0297 e. The summed E-state index contributed by atoms with van der Waals surface area (Å²) in [5.74, 6) is 0. The Balaban J connectivity index is 0.00000225. The molecule has 0 saturated carbocycles. The summed E-state index contributed by atoms with van der Waals surface area (Å²) in [6, 6.07) is 6.64. The Morgan fingerprint density at radius 2 is 1.88 bits per heavy atom. The Labute approximate surface area is 105 Å². The third-order valence-corrected chi connectivity index (χ3v) is 2.80. The standard InChI is InChI=1S/C13H22N2.ClH/c1-10-6-7-11(2)12(9-10)13(15)5-3-4-8-14;/h6-7,9,13H,3-5,8,14-15H2,1-2H3;1H/t13-;/m1./s1. The zero-order valence-corrected chi connectivity index (χ0v) is 11.0. The largest absolute Gasteiger partial charge is 0.330 e. The van der Waals surface area contributed by atoms with Crippen LogP contribution in [0.15, 0.2) is 18.2 Å². The molecule has 16 heavy (non-hydrogen) atoms. The zero-order valence-electron chi connectivity index (χ0n) is 10.2. The van der Waals surface area contributed by atoms with Gasteiger partial charge in [-0.05, 0) is 44.4 Å². The second-order valence-corrected chi connectivity index (χ2v) is 4.25. The van der Waals surface area contributed by atoms with E-state index in [1.54, 1.807) is 0 Å². The first kappa shape index (κ1) is 15.4. The highest BCUT2D eigenvalue weighted by Crippen LogP contribution is 2.21. The Hall–Kier alpha value is -0.570. The van der Waals surface area contributed by atoms with Crippen LogP contribution in [0.25, 0.3) is 0 Å². The molecule has 1 rings (SSSR count). The summed E-state index contributed by atoms with van der Waals surface area (Å²) in [6.45, 7) is 4.99. The molecule has 0 aliphatic heterocycles. The SMILES string of the molecule is Cc1ccc(C)c([C@H](N)CCCCN)c1.Cl. The van der Waals surface area contributed by atoms with Crippen LogP contribution in [0.4, 0.5) is 0 Å². The summed E-state index contributed by atoms with van der Waals surface area (Å²) in [6.07, 6.45) is 3.21. The van der Waals surface area contributed by atoms with E-state index in [1.165, 1.54) is 16.7 Å². The number of benzene rings is 1. The van der Waals surface area contributed by atoms with Gasteiger partial charge in [0.25, 0.3) is 0 Å². The molecule has 0 aliphatic carbocycles. The molecule has 1 aromatic carbocycles. The summed E-state index contributed by atoms with van der Waals surface area (Å²) in [7, 11) is 0. The van der Waals surface area contributed by atoms with Gasteiger partial charge in [0.1, 0.15) is 0 Å². The first-order valence-corrected chi connectivity index (χ1v) is 5.68. The topological polar surface area (TPSA) is 52.0 Å². The van der Waals surface area contributed by atoms with Crippen LogP contribution in [0.3, 0.4) is 0 Å². The van der Waals surface area contributed by atoms with Crippen LogP contribution in [-0.2, 0) is 0 Å². The molecular formula is C13H23ClN2. The normalized spacial score (nSPS) is 12.0. The van der Waals surface area contributed by atoms with Crippen LogP contribution in [0, 0.1) is 13.8 Å². The van der Waals surface area contributed by atoms with Crippen LogP contribution >= 0.6 is 12.4 Å². The van der Waals surface area contributed by atoms with E-state index in [0.717, 1.165) is 25.8 Å².